The van der Waals surface area contributed by atoms with Gasteiger partial charge in [0.25, 0.3) is 5.91 Å². The molecule has 2 atom stereocenters. The molecule has 1 saturated heterocycles. The molecular formula is C24H32N2O2. The average molecular weight is 381 g/mol. The first-order valence-corrected chi connectivity index (χ1v) is 10.4. The second-order valence-corrected chi connectivity index (χ2v) is 7.86. The van der Waals surface area contributed by atoms with E-state index in [0.717, 1.165) is 36.7 Å². The number of hydrogen-bond acceptors (Lipinski definition) is 3. The van der Waals surface area contributed by atoms with E-state index in [1.165, 1.54) is 24.1 Å². The van der Waals surface area contributed by atoms with Gasteiger partial charge in [-0.05, 0) is 67.5 Å². The monoisotopic (exact) mass is 380 g/mol. The summed E-state index contributed by atoms with van der Waals surface area (Å²) in [6.45, 7) is 8.73. The van der Waals surface area contributed by atoms with Gasteiger partial charge in [0.15, 0.2) is 6.61 Å². The predicted molar refractivity (Wildman–Crippen MR) is 115 cm³/mol. The molecule has 0 aliphatic carbocycles. The topological polar surface area (TPSA) is 41.6 Å². The summed E-state index contributed by atoms with van der Waals surface area (Å²) >= 11 is 0. The third kappa shape index (κ3) is 5.51. The van der Waals surface area contributed by atoms with Gasteiger partial charge in [0.2, 0.25) is 0 Å². The zero-order chi connectivity index (χ0) is 19.9. The Balaban J connectivity index is 1.49. The van der Waals surface area contributed by atoms with Crippen molar-refractivity contribution in [2.24, 2.45) is 5.92 Å². The summed E-state index contributed by atoms with van der Waals surface area (Å²) < 4.78 is 5.59. The summed E-state index contributed by atoms with van der Waals surface area (Å²) in [5.41, 5.74) is 3.63. The highest BCUT2D eigenvalue weighted by molar-refractivity contribution is 5.78. The highest BCUT2D eigenvalue weighted by Crippen LogP contribution is 2.24. The second-order valence-electron chi connectivity index (χ2n) is 7.86. The fourth-order valence-corrected chi connectivity index (χ4v) is 3.73. The van der Waals surface area contributed by atoms with Crippen LogP contribution in [0.15, 0.2) is 48.5 Å². The normalized spacial score (nSPS) is 17.8. The van der Waals surface area contributed by atoms with Crippen molar-refractivity contribution in [2.75, 3.05) is 24.6 Å². The van der Waals surface area contributed by atoms with E-state index in [9.17, 15) is 4.79 Å². The molecule has 0 spiro atoms. The van der Waals surface area contributed by atoms with Crippen LogP contribution in [-0.4, -0.2) is 25.6 Å². The molecule has 28 heavy (non-hydrogen) atoms. The number of ether oxygens (including phenoxy) is 1. The molecule has 2 aromatic rings. The van der Waals surface area contributed by atoms with E-state index < -0.39 is 0 Å². The molecule has 1 amide bonds. The summed E-state index contributed by atoms with van der Waals surface area (Å²) in [7, 11) is 0. The smallest absolute Gasteiger partial charge is 0.258 e. The first-order valence-electron chi connectivity index (χ1n) is 10.4. The quantitative estimate of drug-likeness (QED) is 0.754. The van der Waals surface area contributed by atoms with Crippen molar-refractivity contribution in [3.05, 3.63) is 59.7 Å². The minimum absolute atomic E-state index is 0.0273. The number of nitrogens with one attached hydrogen (secondary N) is 1. The Bertz CT molecular complexity index is 755. The molecule has 4 heteroatoms. The van der Waals surface area contributed by atoms with Crippen LogP contribution in [0, 0.1) is 5.92 Å². The second kappa shape index (κ2) is 9.63. The summed E-state index contributed by atoms with van der Waals surface area (Å²) in [6.07, 6.45) is 3.58. The summed E-state index contributed by atoms with van der Waals surface area (Å²) in [5.74, 6) is 1.37. The number of anilines is 1. The van der Waals surface area contributed by atoms with Crippen LogP contribution in [0.3, 0.4) is 0 Å². The molecule has 1 aliphatic rings. The van der Waals surface area contributed by atoms with E-state index in [1.54, 1.807) is 0 Å². The lowest BCUT2D eigenvalue weighted by molar-refractivity contribution is -0.123. The lowest BCUT2D eigenvalue weighted by atomic mass is 9.99. The predicted octanol–water partition coefficient (Wildman–Crippen LogP) is 4.74. The van der Waals surface area contributed by atoms with Crippen LogP contribution in [0.1, 0.15) is 50.8 Å². The van der Waals surface area contributed by atoms with Crippen LogP contribution in [0.4, 0.5) is 5.69 Å². The van der Waals surface area contributed by atoms with E-state index in [-0.39, 0.29) is 18.6 Å². The van der Waals surface area contributed by atoms with Crippen LogP contribution in [-0.2, 0) is 11.2 Å². The van der Waals surface area contributed by atoms with E-state index in [1.807, 2.05) is 31.2 Å². The van der Waals surface area contributed by atoms with Gasteiger partial charge in [-0.1, -0.05) is 38.1 Å². The van der Waals surface area contributed by atoms with Crippen molar-refractivity contribution >= 4 is 11.6 Å². The van der Waals surface area contributed by atoms with E-state index in [4.69, 9.17) is 4.74 Å². The molecule has 0 bridgehead atoms. The van der Waals surface area contributed by atoms with Gasteiger partial charge in [-0.3, -0.25) is 4.79 Å². The molecule has 3 rings (SSSR count). The number of aryl methyl sites for hydroxylation is 1. The number of carbonyl (C=O) groups is 1. The van der Waals surface area contributed by atoms with Gasteiger partial charge in [-0.25, -0.2) is 0 Å². The van der Waals surface area contributed by atoms with Crippen LogP contribution in [0.2, 0.25) is 0 Å². The number of benzene rings is 2. The van der Waals surface area contributed by atoms with Gasteiger partial charge in [0.05, 0.1) is 6.04 Å². The van der Waals surface area contributed by atoms with Crippen molar-refractivity contribution in [3.8, 4) is 5.75 Å². The van der Waals surface area contributed by atoms with Crippen LogP contribution in [0.5, 0.6) is 5.75 Å². The first kappa shape index (κ1) is 20.2. The minimum Gasteiger partial charge on any atom is -0.484 e. The first-order chi connectivity index (χ1) is 13.5. The number of rotatable bonds is 7. The Morgan fingerprint density at radius 2 is 1.89 bits per heavy atom. The molecule has 2 aromatic carbocycles. The van der Waals surface area contributed by atoms with E-state index in [2.05, 4.69) is 48.3 Å². The fourth-order valence-electron chi connectivity index (χ4n) is 3.73. The number of nitrogens with zero attached hydrogens (tertiary/aromatic N) is 1. The molecule has 0 aromatic heterocycles. The standard InChI is InChI=1S/C24H32N2O2/c1-4-20-7-13-23(14-8-20)28-17-24(27)25-19(3)21-9-11-22(12-10-21)26-15-5-6-18(2)16-26/h7-14,18-19H,4-6,15-17H2,1-3H3,(H,25,27)/t18-,19-/m1/s1. The molecule has 1 aliphatic heterocycles. The number of hydrogen-bond donors (Lipinski definition) is 1. The molecule has 0 radical (unpaired) electrons. The lowest BCUT2D eigenvalue weighted by Gasteiger charge is -2.33. The van der Waals surface area contributed by atoms with Crippen LogP contribution < -0.4 is 15.0 Å². The summed E-state index contributed by atoms with van der Waals surface area (Å²) in [4.78, 5) is 14.7. The minimum atomic E-state index is -0.110. The molecular weight excluding hydrogens is 348 g/mol. The Hall–Kier alpha value is -2.49. The fraction of sp³-hybridized carbons (Fsp3) is 0.458. The Morgan fingerprint density at radius 3 is 2.54 bits per heavy atom. The number of amides is 1. The molecule has 0 saturated carbocycles. The number of piperidine rings is 1. The molecule has 1 N–H and O–H groups in total. The van der Waals surface area contributed by atoms with Crippen LogP contribution >= 0.6 is 0 Å². The van der Waals surface area contributed by atoms with Crippen LogP contribution in [0.25, 0.3) is 0 Å². The van der Waals surface area contributed by atoms with Crippen molar-refractivity contribution in [2.45, 2.75) is 46.1 Å². The highest BCUT2D eigenvalue weighted by atomic mass is 16.5. The van der Waals surface area contributed by atoms with Crippen molar-refractivity contribution in [1.82, 2.24) is 5.32 Å². The van der Waals surface area contributed by atoms with Gasteiger partial charge >= 0.3 is 0 Å². The highest BCUT2D eigenvalue weighted by Gasteiger charge is 2.17. The molecule has 0 unspecified atom stereocenters. The summed E-state index contributed by atoms with van der Waals surface area (Å²) in [5, 5.41) is 3.02. The largest absolute Gasteiger partial charge is 0.484 e. The summed E-state index contributed by atoms with van der Waals surface area (Å²) in [6, 6.07) is 16.4. The molecule has 150 valence electrons. The Labute approximate surface area is 168 Å². The molecule has 4 nitrogen and oxygen atoms in total. The Kier molecular flexibility index (Phi) is 6.96. The molecule has 1 heterocycles. The third-order valence-corrected chi connectivity index (χ3v) is 5.49. The maximum absolute atomic E-state index is 12.2. The average Bonchev–Trinajstić information content (AvgIpc) is 2.72. The number of carbonyl (C=O) groups excluding carboxylic acids is 1. The zero-order valence-electron chi connectivity index (χ0n) is 17.3. The maximum Gasteiger partial charge on any atom is 0.258 e. The van der Waals surface area contributed by atoms with Crippen molar-refractivity contribution < 1.29 is 9.53 Å². The van der Waals surface area contributed by atoms with Gasteiger partial charge in [-0.2, -0.15) is 0 Å². The zero-order valence-corrected chi connectivity index (χ0v) is 17.3. The van der Waals surface area contributed by atoms with Crippen molar-refractivity contribution in [1.29, 1.82) is 0 Å². The van der Waals surface area contributed by atoms with Gasteiger partial charge < -0.3 is 15.0 Å². The van der Waals surface area contributed by atoms with Gasteiger partial charge in [0, 0.05) is 18.8 Å². The van der Waals surface area contributed by atoms with Gasteiger partial charge in [0.1, 0.15) is 5.75 Å². The third-order valence-electron chi connectivity index (χ3n) is 5.49. The van der Waals surface area contributed by atoms with Crippen molar-refractivity contribution in [3.63, 3.8) is 0 Å². The van der Waals surface area contributed by atoms with E-state index in [0.29, 0.717) is 0 Å². The molecule has 1 fully saturated rings. The maximum atomic E-state index is 12.2. The Morgan fingerprint density at radius 1 is 1.18 bits per heavy atom. The SMILES string of the molecule is CCc1ccc(OCC(=O)N[C@H](C)c2ccc(N3CCC[C@@H](C)C3)cc2)cc1. The lowest BCUT2D eigenvalue weighted by Crippen LogP contribution is -2.34. The van der Waals surface area contributed by atoms with Gasteiger partial charge in [-0.15, -0.1) is 0 Å². The van der Waals surface area contributed by atoms with E-state index >= 15 is 0 Å².